The summed E-state index contributed by atoms with van der Waals surface area (Å²) >= 11 is 0. The number of hydrogen-bond donors (Lipinski definition) is 1. The normalized spacial score (nSPS) is 24.6. The highest BCUT2D eigenvalue weighted by molar-refractivity contribution is 6.00. The van der Waals surface area contributed by atoms with Crippen LogP contribution in [0.15, 0.2) is 39.5 Å². The summed E-state index contributed by atoms with van der Waals surface area (Å²) in [5.74, 6) is -0.525. The number of fused-ring (bicyclic) bond motifs is 1. The number of aromatic hydroxyl groups is 1. The van der Waals surface area contributed by atoms with Gasteiger partial charge in [0.1, 0.15) is 17.6 Å². The summed E-state index contributed by atoms with van der Waals surface area (Å²) < 4.78 is 11.5. The number of rotatable bonds is 5. The Morgan fingerprint density at radius 2 is 1.78 bits per heavy atom. The van der Waals surface area contributed by atoms with Crippen molar-refractivity contribution < 1.29 is 23.8 Å². The third-order valence-corrected chi connectivity index (χ3v) is 7.07. The van der Waals surface area contributed by atoms with Gasteiger partial charge in [0, 0.05) is 31.3 Å². The SMILES string of the molecule is O=C1CCCC(CC2OCCCC2=O)c2oc(=O)c(C(c3ccccc3)C3CC3)c(O)c21. The second kappa shape index (κ2) is 8.66. The Morgan fingerprint density at radius 1 is 1.00 bits per heavy atom. The largest absolute Gasteiger partial charge is 0.506 e. The van der Waals surface area contributed by atoms with Gasteiger partial charge in [0.25, 0.3) is 0 Å². The van der Waals surface area contributed by atoms with Crippen LogP contribution in [0.5, 0.6) is 5.75 Å². The molecule has 6 heteroatoms. The zero-order valence-electron chi connectivity index (χ0n) is 18.0. The molecule has 1 N–H and O–H groups in total. The maximum Gasteiger partial charge on any atom is 0.343 e. The molecule has 168 valence electrons. The molecule has 3 unspecified atom stereocenters. The molecule has 1 saturated carbocycles. The molecule has 0 radical (unpaired) electrons. The maximum absolute atomic E-state index is 13.2. The second-order valence-electron chi connectivity index (χ2n) is 9.29. The third kappa shape index (κ3) is 3.92. The molecule has 1 saturated heterocycles. The van der Waals surface area contributed by atoms with Gasteiger partial charge in [-0.15, -0.1) is 0 Å². The van der Waals surface area contributed by atoms with Crippen LogP contribution >= 0.6 is 0 Å². The first kappa shape index (κ1) is 21.1. The topological polar surface area (TPSA) is 93.8 Å². The summed E-state index contributed by atoms with van der Waals surface area (Å²) in [6, 6.07) is 9.63. The van der Waals surface area contributed by atoms with E-state index in [0.29, 0.717) is 32.3 Å². The molecule has 1 aliphatic heterocycles. The Balaban J connectivity index is 1.59. The van der Waals surface area contributed by atoms with Crippen molar-refractivity contribution in [3.05, 3.63) is 63.2 Å². The second-order valence-corrected chi connectivity index (χ2v) is 9.29. The van der Waals surface area contributed by atoms with Crippen molar-refractivity contribution in [2.75, 3.05) is 6.61 Å². The summed E-state index contributed by atoms with van der Waals surface area (Å²) in [6.07, 6.45) is 4.45. The first-order valence-electron chi connectivity index (χ1n) is 11.7. The molecule has 3 aliphatic rings. The highest BCUT2D eigenvalue weighted by atomic mass is 16.5. The van der Waals surface area contributed by atoms with Crippen molar-refractivity contribution in [1.29, 1.82) is 0 Å². The zero-order valence-corrected chi connectivity index (χ0v) is 18.0. The van der Waals surface area contributed by atoms with Crippen molar-refractivity contribution in [1.82, 2.24) is 0 Å². The minimum Gasteiger partial charge on any atom is -0.506 e. The van der Waals surface area contributed by atoms with Crippen LogP contribution in [0, 0.1) is 5.92 Å². The van der Waals surface area contributed by atoms with Gasteiger partial charge in [0.15, 0.2) is 11.6 Å². The molecule has 0 amide bonds. The first-order valence-corrected chi connectivity index (χ1v) is 11.7. The zero-order chi connectivity index (χ0) is 22.2. The lowest BCUT2D eigenvalue weighted by atomic mass is 9.85. The van der Waals surface area contributed by atoms with Gasteiger partial charge in [-0.25, -0.2) is 4.79 Å². The lowest BCUT2D eigenvalue weighted by Crippen LogP contribution is -2.31. The lowest BCUT2D eigenvalue weighted by Gasteiger charge is -2.26. The average Bonchev–Trinajstić information content (AvgIpc) is 3.63. The van der Waals surface area contributed by atoms with Crippen molar-refractivity contribution >= 4 is 11.6 Å². The van der Waals surface area contributed by atoms with Crippen LogP contribution in [-0.4, -0.2) is 29.4 Å². The minimum atomic E-state index is -0.586. The van der Waals surface area contributed by atoms with Crippen LogP contribution < -0.4 is 5.63 Å². The number of benzene rings is 1. The Morgan fingerprint density at radius 3 is 2.50 bits per heavy atom. The van der Waals surface area contributed by atoms with Crippen molar-refractivity contribution in [3.8, 4) is 5.75 Å². The number of hydrogen-bond acceptors (Lipinski definition) is 6. The van der Waals surface area contributed by atoms with E-state index in [1.54, 1.807) is 0 Å². The van der Waals surface area contributed by atoms with Gasteiger partial charge in [0.2, 0.25) is 0 Å². The molecule has 5 rings (SSSR count). The molecule has 1 aromatic carbocycles. The van der Waals surface area contributed by atoms with Gasteiger partial charge < -0.3 is 14.3 Å². The quantitative estimate of drug-likeness (QED) is 0.695. The molecule has 3 atom stereocenters. The molecule has 32 heavy (non-hydrogen) atoms. The van der Waals surface area contributed by atoms with Crippen molar-refractivity contribution in [3.63, 3.8) is 0 Å². The number of Topliss-reactive ketones (excluding diaryl/α,β-unsaturated/α-hetero) is 2. The van der Waals surface area contributed by atoms with Crippen molar-refractivity contribution in [2.24, 2.45) is 5.92 Å². The monoisotopic (exact) mass is 436 g/mol. The number of carbonyl (C=O) groups excluding carboxylic acids is 2. The molecular weight excluding hydrogens is 408 g/mol. The highest BCUT2D eigenvalue weighted by Crippen LogP contribution is 2.49. The van der Waals surface area contributed by atoms with Crippen LogP contribution in [0.1, 0.15) is 90.4 Å². The van der Waals surface area contributed by atoms with Gasteiger partial charge >= 0.3 is 5.63 Å². The lowest BCUT2D eigenvalue weighted by molar-refractivity contribution is -0.136. The first-order chi connectivity index (χ1) is 15.5. The van der Waals surface area contributed by atoms with E-state index >= 15 is 0 Å². The summed E-state index contributed by atoms with van der Waals surface area (Å²) in [7, 11) is 0. The predicted octanol–water partition coefficient (Wildman–Crippen LogP) is 4.48. The van der Waals surface area contributed by atoms with Gasteiger partial charge in [0.05, 0.1) is 11.1 Å². The summed E-state index contributed by atoms with van der Waals surface area (Å²) in [6.45, 7) is 0.531. The van der Waals surface area contributed by atoms with E-state index < -0.39 is 11.7 Å². The van der Waals surface area contributed by atoms with E-state index in [9.17, 15) is 19.5 Å². The molecule has 0 spiro atoms. The van der Waals surface area contributed by atoms with E-state index in [-0.39, 0.29) is 58.4 Å². The molecule has 2 heterocycles. The van der Waals surface area contributed by atoms with Crippen LogP contribution in [-0.2, 0) is 9.53 Å². The van der Waals surface area contributed by atoms with E-state index in [0.717, 1.165) is 24.8 Å². The average molecular weight is 437 g/mol. The molecule has 0 bridgehead atoms. The Hall–Kier alpha value is -2.73. The van der Waals surface area contributed by atoms with E-state index in [1.165, 1.54) is 0 Å². The van der Waals surface area contributed by atoms with Crippen LogP contribution in [0.2, 0.25) is 0 Å². The van der Waals surface area contributed by atoms with Gasteiger partial charge in [-0.1, -0.05) is 30.3 Å². The standard InChI is InChI=1S/C26H28O6/c27-18-10-5-13-31-20(18)14-17-8-4-9-19(28)22-24(29)23(26(30)32-25(17)22)21(16-11-12-16)15-6-2-1-3-7-15/h1-3,6-7,16-17,20-21,29H,4-5,8-14H2. The smallest absolute Gasteiger partial charge is 0.343 e. The van der Waals surface area contributed by atoms with Crippen molar-refractivity contribution in [2.45, 2.75) is 69.3 Å². The maximum atomic E-state index is 13.2. The molecule has 2 fully saturated rings. The third-order valence-electron chi connectivity index (χ3n) is 7.07. The fraction of sp³-hybridized carbons (Fsp3) is 0.500. The van der Waals surface area contributed by atoms with E-state index in [4.69, 9.17) is 9.15 Å². The highest BCUT2D eigenvalue weighted by Gasteiger charge is 2.41. The Kier molecular flexibility index (Phi) is 5.72. The number of carbonyl (C=O) groups is 2. The molecule has 2 aromatic rings. The molecule has 1 aromatic heterocycles. The van der Waals surface area contributed by atoms with Gasteiger partial charge in [-0.2, -0.15) is 0 Å². The van der Waals surface area contributed by atoms with Gasteiger partial charge in [-0.3, -0.25) is 9.59 Å². The molecule has 2 aliphatic carbocycles. The fourth-order valence-electron chi connectivity index (χ4n) is 5.32. The van der Waals surface area contributed by atoms with Crippen LogP contribution in [0.3, 0.4) is 0 Å². The predicted molar refractivity (Wildman–Crippen MR) is 117 cm³/mol. The minimum absolute atomic E-state index is 0.0504. The number of ketones is 2. The summed E-state index contributed by atoms with van der Waals surface area (Å²) in [4.78, 5) is 38.6. The number of ether oxygens (including phenoxy) is 1. The Labute approximate surface area is 186 Å². The van der Waals surface area contributed by atoms with Crippen LogP contribution in [0.25, 0.3) is 0 Å². The van der Waals surface area contributed by atoms with Crippen LogP contribution in [0.4, 0.5) is 0 Å². The van der Waals surface area contributed by atoms with E-state index in [1.807, 2.05) is 30.3 Å². The van der Waals surface area contributed by atoms with E-state index in [2.05, 4.69) is 0 Å². The molecule has 6 nitrogen and oxygen atoms in total. The summed E-state index contributed by atoms with van der Waals surface area (Å²) in [5, 5.41) is 11.3. The summed E-state index contributed by atoms with van der Waals surface area (Å²) in [5.41, 5.74) is 0.678. The van der Waals surface area contributed by atoms with Gasteiger partial charge in [-0.05, 0) is 50.0 Å². The Bertz CT molecular complexity index is 1080. The molecular formula is C26H28O6. The fourth-order valence-corrected chi connectivity index (χ4v) is 5.32.